The molecule has 0 saturated carbocycles. The summed E-state index contributed by atoms with van der Waals surface area (Å²) >= 11 is 0. The first-order valence-corrected chi connectivity index (χ1v) is 5.63. The molecular weight excluding hydrogens is 190 g/mol. The van der Waals surface area contributed by atoms with Crippen LogP contribution in [-0.2, 0) is 0 Å². The summed E-state index contributed by atoms with van der Waals surface area (Å²) in [7, 11) is 0. The minimum atomic E-state index is 0.420. The van der Waals surface area contributed by atoms with Crippen molar-refractivity contribution in [3.63, 3.8) is 0 Å². The van der Waals surface area contributed by atoms with E-state index >= 15 is 0 Å². The number of aldehydes is 1. The fourth-order valence-electron chi connectivity index (χ4n) is 2.25. The molecule has 1 fully saturated rings. The summed E-state index contributed by atoms with van der Waals surface area (Å²) in [6, 6.07) is 3.62. The molecule has 15 heavy (non-hydrogen) atoms. The van der Waals surface area contributed by atoms with Gasteiger partial charge in [-0.3, -0.25) is 4.79 Å². The van der Waals surface area contributed by atoms with E-state index in [-0.39, 0.29) is 0 Å². The molecule has 1 saturated heterocycles. The maximum Gasteiger partial charge on any atom is 0.196 e. The lowest BCUT2D eigenvalue weighted by Gasteiger charge is -2.14. The van der Waals surface area contributed by atoms with Crippen LogP contribution < -0.4 is 4.90 Å². The van der Waals surface area contributed by atoms with Crippen molar-refractivity contribution in [1.29, 1.82) is 0 Å². The first-order chi connectivity index (χ1) is 7.33. The summed E-state index contributed by atoms with van der Waals surface area (Å²) in [5.74, 6) is 2.06. The van der Waals surface area contributed by atoms with E-state index < -0.39 is 0 Å². The van der Waals surface area contributed by atoms with E-state index in [1.54, 1.807) is 6.07 Å². The van der Waals surface area contributed by atoms with E-state index in [1.807, 2.05) is 6.07 Å². The van der Waals surface area contributed by atoms with Gasteiger partial charge in [0.25, 0.3) is 0 Å². The Bertz CT molecular complexity index is 332. The zero-order chi connectivity index (χ0) is 10.7. The van der Waals surface area contributed by atoms with Crippen LogP contribution in [0.25, 0.3) is 0 Å². The molecule has 0 spiro atoms. The Labute approximate surface area is 90.1 Å². The molecule has 1 unspecified atom stereocenters. The van der Waals surface area contributed by atoms with Gasteiger partial charge < -0.3 is 9.32 Å². The van der Waals surface area contributed by atoms with Crippen LogP contribution in [0.2, 0.25) is 0 Å². The molecule has 0 aromatic carbocycles. The summed E-state index contributed by atoms with van der Waals surface area (Å²) in [5, 5.41) is 0. The second-order valence-electron chi connectivity index (χ2n) is 4.18. The molecule has 0 aliphatic carbocycles. The second-order valence-corrected chi connectivity index (χ2v) is 4.18. The SMILES string of the molecule is CCCC1CCN(c2ccc(C=O)o2)C1. The maximum absolute atomic E-state index is 10.5. The normalized spacial score (nSPS) is 20.9. The first kappa shape index (κ1) is 10.3. The first-order valence-electron chi connectivity index (χ1n) is 5.63. The molecule has 2 rings (SSSR count). The Hall–Kier alpha value is -1.25. The fraction of sp³-hybridized carbons (Fsp3) is 0.583. The Balaban J connectivity index is 1.98. The lowest BCUT2D eigenvalue weighted by molar-refractivity contribution is 0.110. The van der Waals surface area contributed by atoms with E-state index in [0.29, 0.717) is 5.76 Å². The van der Waals surface area contributed by atoms with Crippen molar-refractivity contribution in [3.8, 4) is 0 Å². The largest absolute Gasteiger partial charge is 0.438 e. The van der Waals surface area contributed by atoms with Gasteiger partial charge in [0.15, 0.2) is 17.9 Å². The molecule has 3 nitrogen and oxygen atoms in total. The smallest absolute Gasteiger partial charge is 0.196 e. The second kappa shape index (κ2) is 4.51. The highest BCUT2D eigenvalue weighted by atomic mass is 16.4. The number of anilines is 1. The standard InChI is InChI=1S/C12H17NO2/c1-2-3-10-6-7-13(8-10)12-5-4-11(9-14)15-12/h4-5,9-10H,2-3,6-8H2,1H3. The van der Waals surface area contributed by atoms with Crippen LogP contribution in [0, 0.1) is 5.92 Å². The van der Waals surface area contributed by atoms with Crippen LogP contribution in [0.1, 0.15) is 36.7 Å². The highest BCUT2D eigenvalue weighted by Gasteiger charge is 2.23. The number of rotatable bonds is 4. The number of hydrogen-bond acceptors (Lipinski definition) is 3. The monoisotopic (exact) mass is 207 g/mol. The highest BCUT2D eigenvalue weighted by molar-refractivity contribution is 5.71. The number of carbonyl (C=O) groups excluding carboxylic acids is 1. The summed E-state index contributed by atoms with van der Waals surface area (Å²) in [6.07, 6.45) is 4.53. The van der Waals surface area contributed by atoms with Gasteiger partial charge >= 0.3 is 0 Å². The maximum atomic E-state index is 10.5. The fourth-order valence-corrected chi connectivity index (χ4v) is 2.25. The van der Waals surface area contributed by atoms with Crippen molar-refractivity contribution < 1.29 is 9.21 Å². The molecule has 2 heterocycles. The Kier molecular flexibility index (Phi) is 3.09. The number of hydrogen-bond donors (Lipinski definition) is 0. The van der Waals surface area contributed by atoms with Gasteiger partial charge in [-0.2, -0.15) is 0 Å². The zero-order valence-corrected chi connectivity index (χ0v) is 9.11. The van der Waals surface area contributed by atoms with Crippen molar-refractivity contribution in [3.05, 3.63) is 17.9 Å². The highest BCUT2D eigenvalue weighted by Crippen LogP contribution is 2.27. The van der Waals surface area contributed by atoms with Crippen LogP contribution in [0.15, 0.2) is 16.5 Å². The van der Waals surface area contributed by atoms with Gasteiger partial charge in [0.1, 0.15) is 0 Å². The van der Waals surface area contributed by atoms with Crippen molar-refractivity contribution in [1.82, 2.24) is 0 Å². The van der Waals surface area contributed by atoms with Crippen LogP contribution in [0.3, 0.4) is 0 Å². The molecule has 82 valence electrons. The predicted molar refractivity (Wildman–Crippen MR) is 59.3 cm³/mol. The van der Waals surface area contributed by atoms with Gasteiger partial charge in [-0.1, -0.05) is 13.3 Å². The molecule has 3 heteroatoms. The molecule has 0 N–H and O–H groups in total. The van der Waals surface area contributed by atoms with E-state index in [9.17, 15) is 4.79 Å². The Morgan fingerprint density at radius 3 is 3.13 bits per heavy atom. The van der Waals surface area contributed by atoms with Gasteiger partial charge in [-0.25, -0.2) is 0 Å². The van der Waals surface area contributed by atoms with Crippen molar-refractivity contribution in [2.75, 3.05) is 18.0 Å². The molecule has 1 aromatic rings. The van der Waals surface area contributed by atoms with Gasteiger partial charge in [0, 0.05) is 19.2 Å². The van der Waals surface area contributed by atoms with Crippen LogP contribution in [-0.4, -0.2) is 19.4 Å². The van der Waals surface area contributed by atoms with Gasteiger partial charge in [0.2, 0.25) is 0 Å². The van der Waals surface area contributed by atoms with Gasteiger partial charge in [-0.15, -0.1) is 0 Å². The van der Waals surface area contributed by atoms with Crippen LogP contribution >= 0.6 is 0 Å². The topological polar surface area (TPSA) is 33.5 Å². The third-order valence-corrected chi connectivity index (χ3v) is 3.02. The summed E-state index contributed by atoms with van der Waals surface area (Å²) in [6.45, 7) is 4.34. The van der Waals surface area contributed by atoms with E-state index in [4.69, 9.17) is 4.42 Å². The van der Waals surface area contributed by atoms with E-state index in [0.717, 1.165) is 31.2 Å². The minimum Gasteiger partial charge on any atom is -0.438 e. The summed E-state index contributed by atoms with van der Waals surface area (Å²) in [5.41, 5.74) is 0. The predicted octanol–water partition coefficient (Wildman–Crippen LogP) is 2.72. The van der Waals surface area contributed by atoms with Gasteiger partial charge in [-0.05, 0) is 24.8 Å². The molecule has 1 atom stereocenters. The average molecular weight is 207 g/mol. The molecular formula is C12H17NO2. The van der Waals surface area contributed by atoms with Crippen LogP contribution in [0.4, 0.5) is 5.88 Å². The number of carbonyl (C=O) groups is 1. The average Bonchev–Trinajstić information content (AvgIpc) is 2.85. The van der Waals surface area contributed by atoms with Gasteiger partial charge in [0.05, 0.1) is 0 Å². The Morgan fingerprint density at radius 1 is 1.60 bits per heavy atom. The third kappa shape index (κ3) is 2.22. The molecule has 0 bridgehead atoms. The lowest BCUT2D eigenvalue weighted by Crippen LogP contribution is -2.18. The molecule has 1 aliphatic rings. The number of nitrogens with zero attached hydrogens (tertiary/aromatic N) is 1. The zero-order valence-electron chi connectivity index (χ0n) is 9.11. The molecule has 1 aromatic heterocycles. The number of furan rings is 1. The lowest BCUT2D eigenvalue weighted by atomic mass is 10.0. The Morgan fingerprint density at radius 2 is 2.47 bits per heavy atom. The van der Waals surface area contributed by atoms with E-state index in [2.05, 4.69) is 11.8 Å². The summed E-state index contributed by atoms with van der Waals surface area (Å²) in [4.78, 5) is 12.7. The molecule has 0 amide bonds. The van der Waals surface area contributed by atoms with E-state index in [1.165, 1.54) is 19.3 Å². The third-order valence-electron chi connectivity index (χ3n) is 3.02. The van der Waals surface area contributed by atoms with Crippen molar-refractivity contribution in [2.24, 2.45) is 5.92 Å². The summed E-state index contributed by atoms with van der Waals surface area (Å²) < 4.78 is 5.40. The quantitative estimate of drug-likeness (QED) is 0.712. The van der Waals surface area contributed by atoms with Crippen molar-refractivity contribution in [2.45, 2.75) is 26.2 Å². The molecule has 0 radical (unpaired) electrons. The van der Waals surface area contributed by atoms with Crippen molar-refractivity contribution >= 4 is 12.2 Å². The van der Waals surface area contributed by atoms with Crippen LogP contribution in [0.5, 0.6) is 0 Å². The molecule has 1 aliphatic heterocycles. The minimum absolute atomic E-state index is 0.420.